The van der Waals surface area contributed by atoms with Gasteiger partial charge in [0.25, 0.3) is 0 Å². The third-order valence-corrected chi connectivity index (χ3v) is 6.59. The molecule has 0 bridgehead atoms. The van der Waals surface area contributed by atoms with Crippen molar-refractivity contribution < 1.29 is 17.9 Å². The third-order valence-electron chi connectivity index (χ3n) is 4.71. The predicted molar refractivity (Wildman–Crippen MR) is 98.2 cm³/mol. The van der Waals surface area contributed by atoms with Crippen molar-refractivity contribution in [2.75, 3.05) is 32.5 Å². The largest absolute Gasteiger partial charge is 0.496 e. The van der Waals surface area contributed by atoms with E-state index in [1.807, 2.05) is 19.1 Å². The molecule has 6 nitrogen and oxygen atoms in total. The molecule has 0 spiro atoms. The van der Waals surface area contributed by atoms with E-state index in [-0.39, 0.29) is 17.6 Å². The number of hydrogen-bond acceptors (Lipinski definition) is 4. The second-order valence-electron chi connectivity index (χ2n) is 6.43. The van der Waals surface area contributed by atoms with Crippen molar-refractivity contribution in [3.63, 3.8) is 0 Å². The topological polar surface area (TPSA) is 75.7 Å². The minimum absolute atomic E-state index is 0.0140. The highest BCUT2D eigenvalue weighted by Crippen LogP contribution is 2.21. The summed E-state index contributed by atoms with van der Waals surface area (Å²) < 4.78 is 30.6. The van der Waals surface area contributed by atoms with Gasteiger partial charge in [0.05, 0.1) is 12.9 Å². The van der Waals surface area contributed by atoms with Crippen LogP contribution in [0.1, 0.15) is 30.9 Å². The highest BCUT2D eigenvalue weighted by atomic mass is 32.2. The predicted octanol–water partition coefficient (Wildman–Crippen LogP) is 1.72. The van der Waals surface area contributed by atoms with E-state index in [9.17, 15) is 13.2 Å². The molecule has 7 heteroatoms. The Morgan fingerprint density at radius 2 is 2.00 bits per heavy atom. The van der Waals surface area contributed by atoms with Gasteiger partial charge in [-0.3, -0.25) is 4.79 Å². The molecule has 0 unspecified atom stereocenters. The molecular weight excluding hydrogens is 340 g/mol. The van der Waals surface area contributed by atoms with Gasteiger partial charge in [-0.2, -0.15) is 0 Å². The van der Waals surface area contributed by atoms with Crippen LogP contribution in [0.4, 0.5) is 0 Å². The van der Waals surface area contributed by atoms with Gasteiger partial charge in [-0.15, -0.1) is 0 Å². The number of rotatable bonds is 7. The fourth-order valence-corrected chi connectivity index (χ4v) is 4.28. The Balaban J connectivity index is 1.81. The molecule has 140 valence electrons. The van der Waals surface area contributed by atoms with Gasteiger partial charge in [0.15, 0.2) is 0 Å². The van der Waals surface area contributed by atoms with E-state index >= 15 is 0 Å². The van der Waals surface area contributed by atoms with E-state index in [0.717, 1.165) is 16.9 Å². The molecule has 1 heterocycles. The number of ether oxygens (including phenoxy) is 1. The maximum atomic E-state index is 12.3. The summed E-state index contributed by atoms with van der Waals surface area (Å²) in [5.74, 6) is 0.850. The molecule has 1 aromatic carbocycles. The number of carbonyl (C=O) groups is 1. The number of nitrogens with one attached hydrogen (secondary N) is 1. The average molecular weight is 368 g/mol. The number of aryl methyl sites for hydroxylation is 1. The summed E-state index contributed by atoms with van der Waals surface area (Å²) >= 11 is 0. The van der Waals surface area contributed by atoms with Gasteiger partial charge in [-0.1, -0.05) is 17.7 Å². The molecule has 0 radical (unpaired) electrons. The molecule has 0 aliphatic carbocycles. The normalized spacial score (nSPS) is 16.6. The van der Waals surface area contributed by atoms with Gasteiger partial charge in [-0.05, 0) is 44.7 Å². The number of methoxy groups -OCH3 is 1. The molecule has 1 N–H and O–H groups in total. The first kappa shape index (κ1) is 19.7. The average Bonchev–Trinajstić information content (AvgIpc) is 2.62. The van der Waals surface area contributed by atoms with E-state index in [1.165, 1.54) is 4.31 Å². The summed E-state index contributed by atoms with van der Waals surface area (Å²) in [5, 5.41) is 2.98. The fraction of sp³-hybridized carbons (Fsp3) is 0.611. The van der Waals surface area contributed by atoms with Crippen molar-refractivity contribution in [1.82, 2.24) is 9.62 Å². The first-order valence-electron chi connectivity index (χ1n) is 8.76. The van der Waals surface area contributed by atoms with Crippen LogP contribution >= 0.6 is 0 Å². The molecule has 1 fully saturated rings. The quantitative estimate of drug-likeness (QED) is 0.795. The lowest BCUT2D eigenvalue weighted by Gasteiger charge is -2.30. The first-order valence-corrected chi connectivity index (χ1v) is 10.4. The molecule has 0 aromatic heterocycles. The first-order chi connectivity index (χ1) is 11.9. The molecule has 1 aromatic rings. The Bertz CT molecular complexity index is 695. The van der Waals surface area contributed by atoms with Crippen molar-refractivity contribution in [2.45, 2.75) is 33.1 Å². The molecule has 25 heavy (non-hydrogen) atoms. The van der Waals surface area contributed by atoms with Gasteiger partial charge in [0, 0.05) is 25.6 Å². The Morgan fingerprint density at radius 3 is 2.60 bits per heavy atom. The standard InChI is InChI=1S/C18H28N2O4S/c1-4-25(22,23)20-11-8-15(9-12-20)18(21)19-10-7-16-13-14(2)5-6-17(16)24-3/h5-6,13,15H,4,7-12H2,1-3H3,(H,19,21). The smallest absolute Gasteiger partial charge is 0.223 e. The highest BCUT2D eigenvalue weighted by Gasteiger charge is 2.29. The lowest BCUT2D eigenvalue weighted by Crippen LogP contribution is -2.43. The maximum absolute atomic E-state index is 12.3. The van der Waals surface area contributed by atoms with Gasteiger partial charge < -0.3 is 10.1 Å². The fourth-order valence-electron chi connectivity index (χ4n) is 3.15. The zero-order valence-corrected chi connectivity index (χ0v) is 16.1. The third kappa shape index (κ3) is 5.19. The SMILES string of the molecule is CCS(=O)(=O)N1CCC(C(=O)NCCc2cc(C)ccc2OC)CC1. The van der Waals surface area contributed by atoms with Crippen LogP contribution in [0.15, 0.2) is 18.2 Å². The van der Waals surface area contributed by atoms with E-state index in [1.54, 1.807) is 14.0 Å². The van der Waals surface area contributed by atoms with E-state index < -0.39 is 10.0 Å². The highest BCUT2D eigenvalue weighted by molar-refractivity contribution is 7.89. The van der Waals surface area contributed by atoms with Crippen LogP contribution in [0.2, 0.25) is 0 Å². The summed E-state index contributed by atoms with van der Waals surface area (Å²) in [6.07, 6.45) is 1.87. The summed E-state index contributed by atoms with van der Waals surface area (Å²) in [6, 6.07) is 6.01. The van der Waals surface area contributed by atoms with Crippen LogP contribution in [-0.4, -0.2) is 51.1 Å². The van der Waals surface area contributed by atoms with E-state index in [0.29, 0.717) is 38.9 Å². The van der Waals surface area contributed by atoms with Gasteiger partial charge >= 0.3 is 0 Å². The van der Waals surface area contributed by atoms with Gasteiger partial charge in [-0.25, -0.2) is 12.7 Å². The van der Waals surface area contributed by atoms with Crippen LogP contribution in [0.3, 0.4) is 0 Å². The molecule has 1 aliphatic heterocycles. The van der Waals surface area contributed by atoms with Crippen LogP contribution < -0.4 is 10.1 Å². The van der Waals surface area contributed by atoms with Gasteiger partial charge in [0.2, 0.25) is 15.9 Å². The minimum atomic E-state index is -3.15. The number of hydrogen-bond donors (Lipinski definition) is 1. The lowest BCUT2D eigenvalue weighted by atomic mass is 9.97. The second kappa shape index (κ2) is 8.67. The lowest BCUT2D eigenvalue weighted by molar-refractivity contribution is -0.126. The van der Waals surface area contributed by atoms with E-state index in [2.05, 4.69) is 11.4 Å². The molecular formula is C18H28N2O4S. The number of benzene rings is 1. The van der Waals surface area contributed by atoms with Crippen molar-refractivity contribution in [3.05, 3.63) is 29.3 Å². The van der Waals surface area contributed by atoms with Crippen LogP contribution in [0.25, 0.3) is 0 Å². The van der Waals surface area contributed by atoms with Crippen LogP contribution in [-0.2, 0) is 21.2 Å². The molecule has 1 aliphatic rings. The Hall–Kier alpha value is -1.60. The van der Waals surface area contributed by atoms with E-state index in [4.69, 9.17) is 4.74 Å². The monoisotopic (exact) mass is 368 g/mol. The molecule has 2 rings (SSSR count). The van der Waals surface area contributed by atoms with Crippen molar-refractivity contribution in [2.24, 2.45) is 5.92 Å². The zero-order chi connectivity index (χ0) is 18.4. The maximum Gasteiger partial charge on any atom is 0.223 e. The number of carbonyl (C=O) groups excluding carboxylic acids is 1. The number of amides is 1. The van der Waals surface area contributed by atoms with Crippen LogP contribution in [0.5, 0.6) is 5.75 Å². The Labute approximate surface area is 150 Å². The summed E-state index contributed by atoms with van der Waals surface area (Å²) in [6.45, 7) is 5.08. The molecule has 0 atom stereocenters. The van der Waals surface area contributed by atoms with Crippen LogP contribution in [0, 0.1) is 12.8 Å². The van der Waals surface area contributed by atoms with Crippen molar-refractivity contribution in [1.29, 1.82) is 0 Å². The number of nitrogens with zero attached hydrogens (tertiary/aromatic N) is 1. The number of sulfonamides is 1. The second-order valence-corrected chi connectivity index (χ2v) is 8.69. The number of piperidine rings is 1. The molecule has 1 saturated heterocycles. The minimum Gasteiger partial charge on any atom is -0.496 e. The Kier molecular flexibility index (Phi) is 6.84. The molecule has 1 amide bonds. The summed E-state index contributed by atoms with van der Waals surface area (Å²) in [5.41, 5.74) is 2.23. The summed E-state index contributed by atoms with van der Waals surface area (Å²) in [4.78, 5) is 12.3. The Morgan fingerprint density at radius 1 is 1.32 bits per heavy atom. The molecule has 0 saturated carbocycles. The van der Waals surface area contributed by atoms with Crippen molar-refractivity contribution in [3.8, 4) is 5.75 Å². The summed E-state index contributed by atoms with van der Waals surface area (Å²) in [7, 11) is -1.50. The van der Waals surface area contributed by atoms with Gasteiger partial charge in [0.1, 0.15) is 5.75 Å². The zero-order valence-electron chi connectivity index (χ0n) is 15.2. The van der Waals surface area contributed by atoms with Crippen molar-refractivity contribution >= 4 is 15.9 Å².